The molecule has 0 heterocycles. The smallest absolute Gasteiger partial charge is 0.305 e. The molecule has 0 fully saturated rings. The van der Waals surface area contributed by atoms with Crippen LogP contribution in [-0.4, -0.2) is 184 Å². The molecule has 0 saturated heterocycles. The summed E-state index contributed by atoms with van der Waals surface area (Å²) in [6.45, 7) is 11.7. The molecule has 35 heteroatoms. The first kappa shape index (κ1) is 80.4. The van der Waals surface area contributed by atoms with Crippen molar-refractivity contribution in [2.24, 2.45) is 78.6 Å². The fourth-order valence-electron chi connectivity index (χ4n) is 8.87. The molecule has 0 aliphatic carbocycles. The topological polar surface area (TPSA) is 619 Å². The summed E-state index contributed by atoms with van der Waals surface area (Å²) in [5.41, 5.74) is 44.9. The quantitative estimate of drug-likeness (QED) is 0.0165. The molecule has 0 aliphatic heterocycles. The number of carbonyl (C=O) groups is 12. The second kappa shape index (κ2) is 41.7. The minimum absolute atomic E-state index is 0.0314. The van der Waals surface area contributed by atoms with Crippen molar-refractivity contribution in [3.05, 3.63) is 29.8 Å². The molecule has 1 rings (SSSR count). The number of primary amides is 1. The lowest BCUT2D eigenvalue weighted by atomic mass is 9.97. The van der Waals surface area contributed by atoms with Crippen LogP contribution in [0.2, 0.25) is 0 Å². The van der Waals surface area contributed by atoms with Gasteiger partial charge in [0.15, 0.2) is 17.9 Å². The Kier molecular flexibility index (Phi) is 36.4. The monoisotopic (exact) mass is 1300 g/mol. The van der Waals surface area contributed by atoms with Crippen LogP contribution in [0.3, 0.4) is 0 Å². The molecule has 1 aromatic carbocycles. The number of rotatable bonds is 44. The SMILES string of the molecule is CC[C@H](C)[C@H](NC(=O)[C@H](CCCN=C(N)N)NC(=O)[C@H](CC(C)C)NC(=O)[C@H](CC(=O)O)NC(=O)[C@H](CCC(=O)O)NC(=O)[C@@H](N)CCCN=C(N)N)C(=O)N[C@@H](C)C(=O)N[C@@H](CC(C)C)C(=O)N[C@@H](CCCN=C(N)N)C(=O)N[C@@H](Cc1ccc(O)cc1)C(N)=O. The summed E-state index contributed by atoms with van der Waals surface area (Å²) >= 11 is 0. The maximum atomic E-state index is 14.4. The van der Waals surface area contributed by atoms with Crippen molar-refractivity contribution in [2.75, 3.05) is 19.6 Å². The van der Waals surface area contributed by atoms with Gasteiger partial charge in [-0.15, -0.1) is 0 Å². The van der Waals surface area contributed by atoms with Crippen molar-refractivity contribution >= 4 is 88.9 Å². The number of nitrogens with zero attached hydrogens (tertiary/aromatic N) is 3. The van der Waals surface area contributed by atoms with Crippen LogP contribution >= 0.6 is 0 Å². The molecular weight excluding hydrogens is 1200 g/mol. The second-order valence-electron chi connectivity index (χ2n) is 23.0. The first-order valence-electron chi connectivity index (χ1n) is 30.2. The van der Waals surface area contributed by atoms with Gasteiger partial charge in [-0.25, -0.2) is 0 Å². The molecule has 0 aromatic heterocycles. The summed E-state index contributed by atoms with van der Waals surface area (Å²) in [6.07, 6.45) is -1.80. The summed E-state index contributed by atoms with van der Waals surface area (Å²) < 4.78 is 0. The van der Waals surface area contributed by atoms with E-state index in [9.17, 15) is 72.9 Å². The Hall–Kier alpha value is -9.57. The van der Waals surface area contributed by atoms with Gasteiger partial charge in [-0.05, 0) is 100 Å². The van der Waals surface area contributed by atoms with Gasteiger partial charge in [0.2, 0.25) is 59.1 Å². The Labute approximate surface area is 534 Å². The first-order chi connectivity index (χ1) is 43.0. The summed E-state index contributed by atoms with van der Waals surface area (Å²) in [4.78, 5) is 174. The molecule has 10 amide bonds. The number of aliphatic imine (C=N–C) groups is 3. The van der Waals surface area contributed by atoms with Crippen molar-refractivity contribution in [2.45, 2.75) is 192 Å². The van der Waals surface area contributed by atoms with E-state index in [0.29, 0.717) is 5.56 Å². The lowest BCUT2D eigenvalue weighted by Gasteiger charge is -2.29. The number of hydrogen-bond donors (Lipinski definition) is 20. The minimum atomic E-state index is -1.92. The largest absolute Gasteiger partial charge is 0.508 e. The summed E-state index contributed by atoms with van der Waals surface area (Å²) in [5, 5.41) is 51.6. The number of hydrogen-bond acceptors (Lipinski definition) is 17. The Morgan fingerprint density at radius 3 is 1.25 bits per heavy atom. The lowest BCUT2D eigenvalue weighted by Crippen LogP contribution is -2.61. The number of nitrogens with one attached hydrogen (secondary N) is 9. The minimum Gasteiger partial charge on any atom is -0.508 e. The molecule has 516 valence electrons. The highest BCUT2D eigenvalue weighted by Crippen LogP contribution is 2.15. The first-order valence-corrected chi connectivity index (χ1v) is 30.2. The molecule has 92 heavy (non-hydrogen) atoms. The number of carboxylic acid groups (broad SMARTS) is 2. The summed E-state index contributed by atoms with van der Waals surface area (Å²) in [7, 11) is 0. The molecule has 0 radical (unpaired) electrons. The molecule has 1 aromatic rings. The van der Waals surface area contributed by atoms with Crippen molar-refractivity contribution in [1.29, 1.82) is 0 Å². The van der Waals surface area contributed by atoms with Crippen LogP contribution in [0, 0.1) is 17.8 Å². The number of nitrogens with two attached hydrogens (primary N) is 8. The maximum Gasteiger partial charge on any atom is 0.305 e. The van der Waals surface area contributed by atoms with E-state index in [2.05, 4.69) is 62.8 Å². The third kappa shape index (κ3) is 32.8. The Bertz CT molecular complexity index is 2740. The number of aromatic hydroxyl groups is 1. The van der Waals surface area contributed by atoms with E-state index in [1.807, 2.05) is 0 Å². The number of guanidine groups is 3. The van der Waals surface area contributed by atoms with Gasteiger partial charge in [0, 0.05) is 32.5 Å². The van der Waals surface area contributed by atoms with E-state index in [4.69, 9.17) is 45.9 Å². The Morgan fingerprint density at radius 2 is 0.826 bits per heavy atom. The molecule has 0 spiro atoms. The number of carbonyl (C=O) groups excluding carboxylic acids is 10. The van der Waals surface area contributed by atoms with Gasteiger partial charge in [-0.3, -0.25) is 72.5 Å². The standard InChI is InChI=1S/C57H98N20O15/c1-8-30(6)44(54(92)69-31(7)46(84)74-39(24-28(2)3)51(89)71-35(13-10-22-67-56(62)63)48(86)73-38(45(59)83)26-32-15-17-33(78)18-16-32)77-50(88)36(14-11-23-68-57(64)65)72-52(90)40(25-29(4)5)75-53(91)41(27-43(81)82)76-49(87)37(19-20-42(79)80)70-47(85)34(58)12-9-21-66-55(60)61/h15-18,28-31,34-41,44,78H,8-14,19-27,58H2,1-7H3,(H2,59,83)(H,69,92)(H,70,85)(H,71,89)(H,72,90)(H,73,86)(H,74,84)(H,75,91)(H,76,87)(H,77,88)(H,79,80)(H,81,82)(H4,60,61,66)(H4,62,63,67)(H4,64,65,68)/t30-,31-,34-,35-,36-,37-,38-,39-,40-,41-,44-/m0/s1. The average molecular weight is 1300 g/mol. The molecule has 28 N–H and O–H groups in total. The van der Waals surface area contributed by atoms with Gasteiger partial charge < -0.3 is 109 Å². The Balaban J connectivity index is 3.53. The summed E-state index contributed by atoms with van der Waals surface area (Å²) in [6, 6.07) is -8.56. The van der Waals surface area contributed by atoms with E-state index in [-0.39, 0.29) is 119 Å². The Morgan fingerprint density at radius 1 is 0.446 bits per heavy atom. The average Bonchev–Trinajstić information content (AvgIpc) is 0.915. The number of amides is 10. The highest BCUT2D eigenvalue weighted by molar-refractivity contribution is 5.99. The van der Waals surface area contributed by atoms with Gasteiger partial charge in [-0.1, -0.05) is 60.1 Å². The second-order valence-corrected chi connectivity index (χ2v) is 23.0. The third-order valence-electron chi connectivity index (χ3n) is 14.0. The van der Waals surface area contributed by atoms with Gasteiger partial charge in [0.25, 0.3) is 0 Å². The van der Waals surface area contributed by atoms with E-state index < -0.39 is 157 Å². The van der Waals surface area contributed by atoms with Crippen molar-refractivity contribution in [3.63, 3.8) is 0 Å². The fraction of sp³-hybridized carbons (Fsp3) is 0.632. The molecule has 0 saturated carbocycles. The van der Waals surface area contributed by atoms with Gasteiger partial charge in [0.1, 0.15) is 60.1 Å². The van der Waals surface area contributed by atoms with Crippen molar-refractivity contribution in [3.8, 4) is 5.75 Å². The zero-order chi connectivity index (χ0) is 69.9. The number of carboxylic acids is 2. The predicted octanol–water partition coefficient (Wildman–Crippen LogP) is -5.23. The highest BCUT2D eigenvalue weighted by Gasteiger charge is 2.37. The van der Waals surface area contributed by atoms with E-state index >= 15 is 0 Å². The molecule has 0 aliphatic rings. The van der Waals surface area contributed by atoms with Crippen LogP contribution in [0.5, 0.6) is 5.75 Å². The van der Waals surface area contributed by atoms with E-state index in [1.165, 1.54) is 31.2 Å². The number of aliphatic carboxylic acids is 2. The lowest BCUT2D eigenvalue weighted by molar-refractivity contribution is -0.141. The normalized spacial score (nSPS) is 14.6. The molecule has 0 unspecified atom stereocenters. The zero-order valence-corrected chi connectivity index (χ0v) is 53.3. The van der Waals surface area contributed by atoms with Crippen LogP contribution in [0.25, 0.3) is 0 Å². The van der Waals surface area contributed by atoms with Gasteiger partial charge >= 0.3 is 11.9 Å². The van der Waals surface area contributed by atoms with Gasteiger partial charge in [-0.2, -0.15) is 0 Å². The van der Waals surface area contributed by atoms with Crippen LogP contribution in [0.4, 0.5) is 0 Å². The number of phenols is 1. The summed E-state index contributed by atoms with van der Waals surface area (Å²) in [5.74, 6) is -14.2. The number of phenolic OH excluding ortho intramolecular Hbond substituents is 1. The van der Waals surface area contributed by atoms with Crippen LogP contribution in [-0.2, 0) is 64.0 Å². The predicted molar refractivity (Wildman–Crippen MR) is 339 cm³/mol. The molecular formula is C57H98N20O15. The fourth-order valence-corrected chi connectivity index (χ4v) is 8.87. The molecule has 11 atom stereocenters. The van der Waals surface area contributed by atoms with Crippen LogP contribution < -0.4 is 93.7 Å². The number of benzene rings is 1. The van der Waals surface area contributed by atoms with Crippen LogP contribution in [0.1, 0.15) is 131 Å². The van der Waals surface area contributed by atoms with E-state index in [1.54, 1.807) is 41.5 Å². The molecule has 35 nitrogen and oxygen atoms in total. The molecule has 0 bridgehead atoms. The van der Waals surface area contributed by atoms with Crippen molar-refractivity contribution in [1.82, 2.24) is 47.9 Å². The van der Waals surface area contributed by atoms with E-state index in [0.717, 1.165) is 0 Å². The van der Waals surface area contributed by atoms with Gasteiger partial charge in [0.05, 0.1) is 12.5 Å². The van der Waals surface area contributed by atoms with Crippen LogP contribution in [0.15, 0.2) is 39.2 Å². The zero-order valence-electron chi connectivity index (χ0n) is 53.3. The maximum absolute atomic E-state index is 14.4. The van der Waals surface area contributed by atoms with Crippen molar-refractivity contribution < 1.29 is 72.9 Å². The third-order valence-corrected chi connectivity index (χ3v) is 14.0. The highest BCUT2D eigenvalue weighted by atomic mass is 16.4.